The molecule has 0 atom stereocenters. The summed E-state index contributed by atoms with van der Waals surface area (Å²) in [7, 11) is 0. The number of aromatic nitrogens is 3. The Labute approximate surface area is 264 Å². The molecule has 0 radical (unpaired) electrons. The molecule has 4 heterocycles. The summed E-state index contributed by atoms with van der Waals surface area (Å²) in [5.74, 6) is 0. The second-order valence-electron chi connectivity index (χ2n) is 10.5. The van der Waals surface area contributed by atoms with Crippen LogP contribution in [0.25, 0.3) is 27.9 Å². The standard InChI is InChI=1S/C35H22BN6.Pt/c1-2-8-25(9-3-1)39-20-21-40(24-39)26-14-16-30-28-10-4-6-12-32(28)36-33-13-7-5-11-29(33)31-17-15-27(42-37-18-19-38-42)23-35(31)41(36)34(30)22-26;/h1-21,24H;/q-3;. The zero-order chi connectivity index (χ0) is 27.6. The molecular weight excluding hydrogens is 710 g/mol. The average Bonchev–Trinajstić information content (AvgIpc) is 3.78. The van der Waals surface area contributed by atoms with Crippen molar-refractivity contribution in [2.75, 3.05) is 14.6 Å². The maximum atomic E-state index is 4.39. The summed E-state index contributed by atoms with van der Waals surface area (Å²) in [5, 5.41) is 8.77. The van der Waals surface area contributed by atoms with Crippen LogP contribution in [-0.2, 0) is 21.1 Å². The minimum absolute atomic E-state index is 0. The summed E-state index contributed by atoms with van der Waals surface area (Å²) in [6.45, 7) is 2.06. The van der Waals surface area contributed by atoms with Gasteiger partial charge in [0.05, 0.1) is 12.4 Å². The number of fused-ring (bicyclic) bond motifs is 11. The number of nitrogens with zero attached hydrogens (tertiary/aromatic N) is 6. The van der Waals surface area contributed by atoms with Crippen molar-refractivity contribution in [1.29, 1.82) is 0 Å². The molecule has 0 fully saturated rings. The first kappa shape index (κ1) is 25.8. The molecule has 0 bridgehead atoms. The van der Waals surface area contributed by atoms with E-state index in [-0.39, 0.29) is 27.9 Å². The van der Waals surface area contributed by atoms with Crippen LogP contribution in [0.4, 0.5) is 22.7 Å². The van der Waals surface area contributed by atoms with E-state index in [4.69, 9.17) is 0 Å². The monoisotopic (exact) mass is 732 g/mol. The molecule has 0 saturated carbocycles. The number of hydrogen-bond acceptors (Lipinski definition) is 5. The largest absolute Gasteiger partial charge is 0.500 e. The summed E-state index contributed by atoms with van der Waals surface area (Å²) >= 11 is 0. The van der Waals surface area contributed by atoms with Crippen molar-refractivity contribution in [3.63, 3.8) is 0 Å². The smallest absolute Gasteiger partial charge is 0.324 e. The van der Waals surface area contributed by atoms with Crippen LogP contribution in [0.5, 0.6) is 0 Å². The predicted octanol–water partition coefficient (Wildman–Crippen LogP) is 5.69. The van der Waals surface area contributed by atoms with Gasteiger partial charge in [0.2, 0.25) is 0 Å². The van der Waals surface area contributed by atoms with Crippen molar-refractivity contribution >= 4 is 40.5 Å². The normalized spacial score (nSPS) is 14.0. The Hall–Kier alpha value is -4.87. The third-order valence-corrected chi connectivity index (χ3v) is 8.25. The van der Waals surface area contributed by atoms with E-state index in [1.807, 2.05) is 12.1 Å². The molecule has 3 aliphatic rings. The van der Waals surface area contributed by atoms with Gasteiger partial charge in [-0.2, -0.15) is 27.1 Å². The molecule has 0 spiro atoms. The van der Waals surface area contributed by atoms with Gasteiger partial charge >= 0.3 is 6.85 Å². The van der Waals surface area contributed by atoms with Gasteiger partial charge < -0.3 is 14.6 Å². The molecule has 0 saturated heterocycles. The van der Waals surface area contributed by atoms with Gasteiger partial charge in [0.25, 0.3) is 0 Å². The maximum absolute atomic E-state index is 4.39. The van der Waals surface area contributed by atoms with E-state index in [0.717, 1.165) is 39.6 Å². The van der Waals surface area contributed by atoms with Crippen LogP contribution in [0.15, 0.2) is 128 Å². The number of hydrogen-bond donors (Lipinski definition) is 0. The van der Waals surface area contributed by atoms with Crippen LogP contribution < -0.4 is 25.5 Å². The SMILES string of the molecule is [Pt].[c-]1c(N2C=CN(c3ccccc3)[CH-]2)ccc2c1N1B(c3ccccc3-2)c2ccccc2-c2ccc(-n3nccn3)[c-]c21. The zero-order valence-electron chi connectivity index (χ0n) is 22.8. The molecular formula is C35H22BN6Pt-3. The zero-order valence-corrected chi connectivity index (χ0v) is 25.1. The third kappa shape index (κ3) is 3.99. The van der Waals surface area contributed by atoms with Gasteiger partial charge in [-0.25, -0.2) is 0 Å². The number of rotatable bonds is 3. The summed E-state index contributed by atoms with van der Waals surface area (Å²) < 4.78 is 0. The van der Waals surface area contributed by atoms with Gasteiger partial charge in [-0.1, -0.05) is 100 Å². The second-order valence-corrected chi connectivity index (χ2v) is 10.5. The van der Waals surface area contributed by atoms with Gasteiger partial charge in [0.15, 0.2) is 0 Å². The molecule has 208 valence electrons. The molecule has 6 nitrogen and oxygen atoms in total. The number of benzene rings is 5. The molecule has 0 unspecified atom stereocenters. The van der Waals surface area contributed by atoms with E-state index < -0.39 is 0 Å². The first-order valence-corrected chi connectivity index (χ1v) is 14.0. The summed E-state index contributed by atoms with van der Waals surface area (Å²) in [6.07, 6.45) is 7.53. The molecule has 1 aromatic heterocycles. The van der Waals surface area contributed by atoms with E-state index in [9.17, 15) is 0 Å². The van der Waals surface area contributed by atoms with Gasteiger partial charge in [0, 0.05) is 26.8 Å². The average molecular weight is 732 g/mol. The van der Waals surface area contributed by atoms with Crippen LogP contribution in [-0.4, -0.2) is 21.8 Å². The molecule has 43 heavy (non-hydrogen) atoms. The predicted molar refractivity (Wildman–Crippen MR) is 168 cm³/mol. The van der Waals surface area contributed by atoms with Crippen LogP contribution in [0.1, 0.15) is 0 Å². The minimum atomic E-state index is -0.0279. The fourth-order valence-electron chi connectivity index (χ4n) is 6.39. The second kappa shape index (κ2) is 10.1. The van der Waals surface area contributed by atoms with E-state index >= 15 is 0 Å². The minimum Gasteiger partial charge on any atom is -0.500 e. The molecule has 6 aromatic rings. The van der Waals surface area contributed by atoms with E-state index in [0.29, 0.717) is 0 Å². The molecule has 0 amide bonds. The molecule has 9 rings (SSSR count). The van der Waals surface area contributed by atoms with Crippen molar-refractivity contribution < 1.29 is 21.1 Å². The van der Waals surface area contributed by atoms with E-state index in [2.05, 4.69) is 147 Å². The van der Waals surface area contributed by atoms with Crippen molar-refractivity contribution in [3.8, 4) is 27.9 Å². The fourth-order valence-corrected chi connectivity index (χ4v) is 6.39. The number of anilines is 4. The quantitative estimate of drug-likeness (QED) is 0.173. The molecule has 0 aliphatic carbocycles. The molecule has 3 aliphatic heterocycles. The Morgan fingerprint density at radius 2 is 1.12 bits per heavy atom. The van der Waals surface area contributed by atoms with Crippen molar-refractivity contribution in [1.82, 2.24) is 15.0 Å². The first-order valence-electron chi connectivity index (χ1n) is 14.0. The summed E-state index contributed by atoms with van der Waals surface area (Å²) in [5.41, 5.74) is 12.1. The Morgan fingerprint density at radius 3 is 1.79 bits per heavy atom. The molecule has 0 N–H and O–H groups in total. The Bertz CT molecular complexity index is 2010. The van der Waals surface area contributed by atoms with Crippen molar-refractivity contribution in [2.45, 2.75) is 0 Å². The molecule has 5 aromatic carbocycles. The maximum Gasteiger partial charge on any atom is 0.324 e. The Morgan fingerprint density at radius 1 is 0.558 bits per heavy atom. The van der Waals surface area contributed by atoms with Crippen molar-refractivity contribution in [3.05, 3.63) is 147 Å². The van der Waals surface area contributed by atoms with Crippen LogP contribution in [0.2, 0.25) is 0 Å². The van der Waals surface area contributed by atoms with Crippen LogP contribution in [0, 0.1) is 18.8 Å². The number of para-hydroxylation sites is 1. The Kier molecular flexibility index (Phi) is 6.09. The van der Waals surface area contributed by atoms with E-state index in [1.54, 1.807) is 17.2 Å². The summed E-state index contributed by atoms with van der Waals surface area (Å²) in [6, 6.07) is 43.9. The van der Waals surface area contributed by atoms with Crippen LogP contribution >= 0.6 is 0 Å². The topological polar surface area (TPSA) is 40.4 Å². The fraction of sp³-hybridized carbons (Fsp3) is 0. The van der Waals surface area contributed by atoms with Gasteiger partial charge in [-0.3, -0.25) is 0 Å². The summed E-state index contributed by atoms with van der Waals surface area (Å²) in [4.78, 5) is 8.27. The molecule has 8 heteroatoms. The van der Waals surface area contributed by atoms with Gasteiger partial charge in [-0.05, 0) is 30.2 Å². The third-order valence-electron chi connectivity index (χ3n) is 8.25. The van der Waals surface area contributed by atoms with Gasteiger partial charge in [-0.15, -0.1) is 47.7 Å². The van der Waals surface area contributed by atoms with Crippen molar-refractivity contribution in [2.24, 2.45) is 0 Å². The first-order chi connectivity index (χ1) is 20.8. The van der Waals surface area contributed by atoms with Crippen LogP contribution in [0.3, 0.4) is 0 Å². The Balaban J connectivity index is 0.00000278. The van der Waals surface area contributed by atoms with Gasteiger partial charge in [0.1, 0.15) is 0 Å². The van der Waals surface area contributed by atoms with E-state index in [1.165, 1.54) is 22.1 Å².